The molecule has 4 heterocycles. The summed E-state index contributed by atoms with van der Waals surface area (Å²) < 4.78 is 21.5. The predicted molar refractivity (Wildman–Crippen MR) is 196 cm³/mol. The van der Waals surface area contributed by atoms with Gasteiger partial charge in [0.1, 0.15) is 22.4 Å². The van der Waals surface area contributed by atoms with Crippen LogP contribution in [0.2, 0.25) is 0 Å². The zero-order valence-electron chi connectivity index (χ0n) is 29.0. The second-order valence-corrected chi connectivity index (χ2v) is 13.9. The lowest BCUT2D eigenvalue weighted by molar-refractivity contribution is -0.114. The van der Waals surface area contributed by atoms with E-state index in [-0.39, 0.29) is 29.2 Å². The molecule has 2 aliphatic rings. The number of carbonyl (C=O) groups excluding carboxylic acids is 2. The van der Waals surface area contributed by atoms with Crippen LogP contribution in [-0.4, -0.2) is 69.7 Å². The number of halogens is 2. The van der Waals surface area contributed by atoms with Gasteiger partial charge >= 0.3 is 6.09 Å². The molecule has 0 saturated carbocycles. The van der Waals surface area contributed by atoms with Gasteiger partial charge < -0.3 is 33.4 Å². The van der Waals surface area contributed by atoms with Crippen LogP contribution >= 0.6 is 23.2 Å². The van der Waals surface area contributed by atoms with Crippen molar-refractivity contribution in [2.75, 3.05) is 41.8 Å². The van der Waals surface area contributed by atoms with E-state index in [0.717, 1.165) is 22.4 Å². The Morgan fingerprint density at radius 3 is 1.84 bits per heavy atom. The number of hydrogen-bond donors (Lipinski definition) is 2. The van der Waals surface area contributed by atoms with E-state index in [4.69, 9.17) is 41.5 Å². The van der Waals surface area contributed by atoms with Crippen LogP contribution in [0.4, 0.5) is 16.2 Å². The average Bonchev–Trinajstić information content (AvgIpc) is 3.85. The number of fused-ring (bicyclic) bond motifs is 6. The van der Waals surface area contributed by atoms with Crippen LogP contribution in [0.1, 0.15) is 61.1 Å². The number of oxazole rings is 2. The molecular weight excluding hydrogens is 699 g/mol. The Morgan fingerprint density at radius 2 is 1.37 bits per heavy atom. The molecule has 12 nitrogen and oxygen atoms in total. The molecule has 2 amide bonds. The predicted octanol–water partition coefficient (Wildman–Crippen LogP) is 8.15. The van der Waals surface area contributed by atoms with Gasteiger partial charge in [-0.05, 0) is 44.5 Å². The third-order valence-corrected chi connectivity index (χ3v) is 9.28. The molecule has 0 fully saturated rings. The van der Waals surface area contributed by atoms with E-state index < -0.39 is 11.7 Å². The number of aryl methyl sites for hydroxylation is 2. The summed E-state index contributed by atoms with van der Waals surface area (Å²) in [6.45, 7) is 9.67. The molecule has 7 rings (SSSR count). The molecule has 2 atom stereocenters. The molecule has 0 aliphatic carbocycles. The van der Waals surface area contributed by atoms with Crippen molar-refractivity contribution in [1.82, 2.24) is 9.97 Å². The number of rotatable bonds is 5. The fourth-order valence-corrected chi connectivity index (χ4v) is 6.85. The minimum atomic E-state index is -0.604. The maximum absolute atomic E-state index is 12.9. The Kier molecular flexibility index (Phi) is 9.84. The molecular formula is C37H38Cl2N4O8. The Bertz CT molecular complexity index is 2150. The largest absolute Gasteiger partial charge is 0.504 e. The highest BCUT2D eigenvalue weighted by Gasteiger charge is 2.38. The smallest absolute Gasteiger partial charge is 0.414 e. The van der Waals surface area contributed by atoms with E-state index >= 15 is 0 Å². The van der Waals surface area contributed by atoms with Gasteiger partial charge in [0.2, 0.25) is 0 Å². The van der Waals surface area contributed by atoms with E-state index in [1.54, 1.807) is 38.0 Å². The third kappa shape index (κ3) is 7.02. The van der Waals surface area contributed by atoms with Crippen molar-refractivity contribution in [3.05, 3.63) is 70.9 Å². The minimum Gasteiger partial charge on any atom is -0.504 e. The van der Waals surface area contributed by atoms with Gasteiger partial charge in [-0.3, -0.25) is 9.69 Å². The summed E-state index contributed by atoms with van der Waals surface area (Å²) >= 11 is 12.3. The van der Waals surface area contributed by atoms with Crippen LogP contribution in [0.15, 0.2) is 51.3 Å². The molecule has 5 aromatic rings. The fraction of sp³-hybridized carbons (Fsp3) is 0.351. The van der Waals surface area contributed by atoms with E-state index in [1.807, 2.05) is 45.0 Å². The Balaban J connectivity index is 0.000000179. The zero-order valence-corrected chi connectivity index (χ0v) is 30.5. The van der Waals surface area contributed by atoms with E-state index in [9.17, 15) is 19.8 Å². The molecule has 14 heteroatoms. The summed E-state index contributed by atoms with van der Waals surface area (Å²) in [5, 5.41) is 20.5. The first-order chi connectivity index (χ1) is 24.2. The summed E-state index contributed by atoms with van der Waals surface area (Å²) in [6.07, 6.45) is 2.79. The summed E-state index contributed by atoms with van der Waals surface area (Å²) in [6, 6.07) is 10.5. The summed E-state index contributed by atoms with van der Waals surface area (Å²) in [5.74, 6) is 1.87. The van der Waals surface area contributed by atoms with Gasteiger partial charge in [0.15, 0.2) is 34.4 Å². The Morgan fingerprint density at radius 1 is 0.882 bits per heavy atom. The highest BCUT2D eigenvalue weighted by Crippen LogP contribution is 2.47. The molecule has 268 valence electrons. The van der Waals surface area contributed by atoms with E-state index in [0.29, 0.717) is 70.2 Å². The second-order valence-electron chi connectivity index (χ2n) is 13.3. The number of phenolic OH excluding ortho intramolecular Hbond substituents is 2. The number of methoxy groups -OCH3 is 1. The number of carbonyl (C=O) groups is 2. The first-order valence-corrected chi connectivity index (χ1v) is 17.3. The summed E-state index contributed by atoms with van der Waals surface area (Å²) in [4.78, 5) is 37.2. The number of benzene rings is 3. The van der Waals surface area contributed by atoms with Gasteiger partial charge in [0, 0.05) is 79.9 Å². The highest BCUT2D eigenvalue weighted by atomic mass is 35.5. The average molecular weight is 738 g/mol. The topological polar surface area (TPSA) is 152 Å². The molecule has 2 aromatic heterocycles. The van der Waals surface area contributed by atoms with Crippen LogP contribution in [0, 0.1) is 13.8 Å². The third-order valence-electron chi connectivity index (χ3n) is 8.53. The van der Waals surface area contributed by atoms with Crippen molar-refractivity contribution in [2.45, 2.75) is 52.1 Å². The summed E-state index contributed by atoms with van der Waals surface area (Å²) in [7, 11) is 1.61. The Hall–Kier alpha value is -4.94. The van der Waals surface area contributed by atoms with Crippen LogP contribution in [0.5, 0.6) is 17.2 Å². The molecule has 2 N–H and O–H groups in total. The highest BCUT2D eigenvalue weighted by molar-refractivity contribution is 6.19. The molecule has 51 heavy (non-hydrogen) atoms. The number of nitrogens with zero attached hydrogens (tertiary/aromatic N) is 4. The second kappa shape index (κ2) is 14.0. The lowest BCUT2D eigenvalue weighted by Crippen LogP contribution is -2.36. The van der Waals surface area contributed by atoms with Gasteiger partial charge in [0.05, 0.1) is 18.5 Å². The monoisotopic (exact) mass is 736 g/mol. The number of phenols is 2. The van der Waals surface area contributed by atoms with E-state index in [2.05, 4.69) is 9.97 Å². The normalized spacial score (nSPS) is 16.8. The van der Waals surface area contributed by atoms with Crippen LogP contribution in [-0.2, 0) is 9.53 Å². The standard InChI is InChI=1S/C21H19ClN2O4.C16H19ClN2O4/c1-12-23-20-19-14(10-22)11-24(16(19)9-17(25)21(20)28-12)18(26)8-5-13-3-6-15(27-2)7-4-13;1-8-18-13-12-9(6-17)7-19(15(21)23-16(2,3)4)10(12)5-11(20)14(13)22-8/h3-9,14,25H,10-11H2,1-2H3;5,9,20H,6-7H2,1-4H3/b8-5+;. The lowest BCUT2D eigenvalue weighted by atomic mass is 10.0. The molecule has 0 radical (unpaired) electrons. The maximum atomic E-state index is 12.9. The number of hydrogen-bond acceptors (Lipinski definition) is 10. The number of alkyl halides is 2. The van der Waals surface area contributed by atoms with Gasteiger partial charge in [-0.1, -0.05) is 12.1 Å². The SMILES string of the molecule is COc1ccc(/C=C/C(=O)N2CC(CCl)c3c2cc(O)c2oc(C)nc32)cc1.Cc1nc2c3c(cc(O)c2o1)N(C(=O)OC(C)(C)C)CC3CCl. The fourth-order valence-electron chi connectivity index (χ4n) is 6.35. The molecule has 3 aromatic carbocycles. The van der Waals surface area contributed by atoms with Crippen molar-refractivity contribution >= 4 is 74.9 Å². The van der Waals surface area contributed by atoms with Crippen molar-refractivity contribution in [3.63, 3.8) is 0 Å². The Labute approximate surface area is 304 Å². The molecule has 2 unspecified atom stereocenters. The number of aromatic hydroxyl groups is 2. The van der Waals surface area contributed by atoms with Crippen molar-refractivity contribution in [3.8, 4) is 17.2 Å². The van der Waals surface area contributed by atoms with Gasteiger partial charge in [-0.25, -0.2) is 14.8 Å². The number of amides is 2. The number of anilines is 2. The van der Waals surface area contributed by atoms with Gasteiger partial charge in [-0.15, -0.1) is 23.2 Å². The van der Waals surface area contributed by atoms with Crippen LogP contribution < -0.4 is 14.5 Å². The maximum Gasteiger partial charge on any atom is 0.414 e. The zero-order chi connectivity index (χ0) is 36.8. The molecule has 0 bridgehead atoms. The van der Waals surface area contributed by atoms with Gasteiger partial charge in [0.25, 0.3) is 5.91 Å². The van der Waals surface area contributed by atoms with Crippen molar-refractivity contribution in [2.24, 2.45) is 0 Å². The minimum absolute atomic E-state index is 0.0403. The number of ether oxygens (including phenoxy) is 2. The molecule has 2 aliphatic heterocycles. The van der Waals surface area contributed by atoms with E-state index in [1.165, 1.54) is 17.0 Å². The van der Waals surface area contributed by atoms with Crippen molar-refractivity contribution in [1.29, 1.82) is 0 Å². The van der Waals surface area contributed by atoms with Crippen molar-refractivity contribution < 1.29 is 38.1 Å². The first kappa shape index (κ1) is 35.9. The number of aromatic nitrogens is 2. The molecule has 0 saturated heterocycles. The first-order valence-electron chi connectivity index (χ1n) is 16.2. The summed E-state index contributed by atoms with van der Waals surface area (Å²) in [5.41, 5.74) is 4.89. The van der Waals surface area contributed by atoms with Crippen LogP contribution in [0.25, 0.3) is 28.3 Å². The lowest BCUT2D eigenvalue weighted by Gasteiger charge is -2.25. The van der Waals surface area contributed by atoms with Gasteiger partial charge in [-0.2, -0.15) is 0 Å². The molecule has 0 spiro atoms. The van der Waals surface area contributed by atoms with Crippen LogP contribution in [0.3, 0.4) is 0 Å². The quantitative estimate of drug-likeness (QED) is 0.134.